The van der Waals surface area contributed by atoms with E-state index in [0.29, 0.717) is 54.2 Å². The highest BCUT2D eigenvalue weighted by atomic mass is 35.5. The van der Waals surface area contributed by atoms with E-state index in [1.54, 1.807) is 68.6 Å². The lowest BCUT2D eigenvalue weighted by Gasteiger charge is -2.40. The molecule has 6 aromatic rings. The van der Waals surface area contributed by atoms with E-state index in [4.69, 9.17) is 65.7 Å². The first-order valence-electron chi connectivity index (χ1n) is 17.2. The van der Waals surface area contributed by atoms with Crippen molar-refractivity contribution in [1.82, 2.24) is 9.97 Å². The number of aromatic nitrogens is 2. The van der Waals surface area contributed by atoms with Crippen LogP contribution in [0, 0.1) is 11.6 Å². The predicted octanol–water partition coefficient (Wildman–Crippen LogP) is 9.12. The van der Waals surface area contributed by atoms with Gasteiger partial charge in [-0.15, -0.1) is 0 Å². The van der Waals surface area contributed by atoms with Gasteiger partial charge in [0.2, 0.25) is 0 Å². The number of fused-ring (bicyclic) bond motifs is 2. The molecule has 4 aromatic carbocycles. The number of amidine groups is 2. The van der Waals surface area contributed by atoms with Crippen molar-refractivity contribution in [2.75, 3.05) is 36.4 Å². The number of ether oxygens (including phenoxy) is 2. The Hall–Kier alpha value is -5.11. The molecule has 2 aliphatic heterocycles. The summed E-state index contributed by atoms with van der Waals surface area (Å²) in [6.07, 6.45) is 3.08. The molecule has 2 aliphatic rings. The molecule has 0 radical (unpaired) electrons. The SMILES string of the molecule is CC1(c2cc(N(c3cccc4cc(Cl)cnc34)N(c3ccc(F)c(C4(C)COCC(N)=N4)c3)c3cc(Cl)cc4cc(Cl)cnc34)ccc2F)COCC(N)=N1. The van der Waals surface area contributed by atoms with Gasteiger partial charge in [-0.05, 0) is 80.6 Å². The van der Waals surface area contributed by atoms with Gasteiger partial charge in [0.15, 0.2) is 0 Å². The van der Waals surface area contributed by atoms with Gasteiger partial charge >= 0.3 is 0 Å². The number of aliphatic imine (C=N–C) groups is 2. The maximum atomic E-state index is 16.1. The summed E-state index contributed by atoms with van der Waals surface area (Å²) in [5, 5.41) is 6.20. The highest BCUT2D eigenvalue weighted by Gasteiger charge is 2.37. The van der Waals surface area contributed by atoms with Gasteiger partial charge < -0.3 is 20.9 Å². The molecule has 8 rings (SSSR count). The van der Waals surface area contributed by atoms with E-state index in [1.807, 2.05) is 28.2 Å². The molecular weight excluding hydrogens is 769 g/mol. The smallest absolute Gasteiger partial charge is 0.129 e. The van der Waals surface area contributed by atoms with Crippen LogP contribution in [0.3, 0.4) is 0 Å². The third-order valence-electron chi connectivity index (χ3n) is 9.60. The standard InChI is InChI=1S/C40H33Cl3F2N8O2/c1-39(20-54-18-35(46)50-39)29-14-27(6-8-31(29)44)52(33-5-3-4-22-10-25(42)16-48-37(22)33)53(34-13-24(41)11-23-12-26(43)17-49-38(23)34)28-7-9-32(45)30(15-28)40(2)21-55-19-36(47)51-40/h3-17H,18-21H2,1-2H3,(H2,46,50)(H2,47,51). The average molecular weight is 802 g/mol. The van der Waals surface area contributed by atoms with Crippen LogP contribution in [0.1, 0.15) is 25.0 Å². The van der Waals surface area contributed by atoms with Gasteiger partial charge in [0.1, 0.15) is 47.6 Å². The largest absolute Gasteiger partial charge is 0.386 e. The first-order chi connectivity index (χ1) is 26.3. The number of hydrazine groups is 1. The van der Waals surface area contributed by atoms with Crippen molar-refractivity contribution in [3.63, 3.8) is 0 Å². The van der Waals surface area contributed by atoms with Gasteiger partial charge in [0, 0.05) is 39.3 Å². The van der Waals surface area contributed by atoms with E-state index in [9.17, 15) is 0 Å². The number of hydrogen-bond donors (Lipinski definition) is 2. The van der Waals surface area contributed by atoms with E-state index in [1.165, 1.54) is 18.3 Å². The molecule has 2 unspecified atom stereocenters. The number of nitrogens with zero attached hydrogens (tertiary/aromatic N) is 6. The maximum Gasteiger partial charge on any atom is 0.129 e. The Bertz CT molecular complexity index is 2570. The predicted molar refractivity (Wildman–Crippen MR) is 215 cm³/mol. The highest BCUT2D eigenvalue weighted by molar-refractivity contribution is 6.33. The number of para-hydroxylation sites is 1. The zero-order chi connectivity index (χ0) is 38.6. The number of halogens is 5. The summed E-state index contributed by atoms with van der Waals surface area (Å²) < 4.78 is 43.6. The first kappa shape index (κ1) is 36.8. The average Bonchev–Trinajstić information content (AvgIpc) is 3.13. The van der Waals surface area contributed by atoms with Crippen LogP contribution in [0.4, 0.5) is 31.5 Å². The molecule has 4 N–H and O–H groups in total. The van der Waals surface area contributed by atoms with Gasteiger partial charge in [-0.2, -0.15) is 0 Å². The van der Waals surface area contributed by atoms with Crippen molar-refractivity contribution in [2.45, 2.75) is 24.9 Å². The fourth-order valence-corrected chi connectivity index (χ4v) is 7.76. The Morgan fingerprint density at radius 3 is 1.65 bits per heavy atom. The van der Waals surface area contributed by atoms with Gasteiger partial charge in [-0.25, -0.2) is 18.8 Å². The zero-order valence-corrected chi connectivity index (χ0v) is 31.8. The normalized spacial score (nSPS) is 20.0. The van der Waals surface area contributed by atoms with Gasteiger partial charge in [0.05, 0.1) is 57.0 Å². The Labute approximate surface area is 329 Å². The van der Waals surface area contributed by atoms with Gasteiger partial charge in [-0.3, -0.25) is 20.0 Å². The minimum Gasteiger partial charge on any atom is -0.386 e. The third kappa shape index (κ3) is 6.89. The lowest BCUT2D eigenvalue weighted by atomic mass is 9.91. The van der Waals surface area contributed by atoms with Gasteiger partial charge in [0.25, 0.3) is 0 Å². The number of pyridine rings is 2. The van der Waals surface area contributed by atoms with E-state index in [0.717, 1.165) is 5.39 Å². The van der Waals surface area contributed by atoms with Crippen LogP contribution in [0.2, 0.25) is 15.1 Å². The Kier molecular flexibility index (Phi) is 9.51. The van der Waals surface area contributed by atoms with Crippen LogP contribution in [-0.2, 0) is 20.6 Å². The lowest BCUT2D eigenvalue weighted by Crippen LogP contribution is -2.40. The van der Waals surface area contributed by atoms with Crippen LogP contribution in [0.15, 0.2) is 101 Å². The maximum absolute atomic E-state index is 16.1. The summed E-state index contributed by atoms with van der Waals surface area (Å²) in [6.45, 7) is 3.94. The molecule has 2 atom stereocenters. The molecule has 0 saturated carbocycles. The molecule has 55 heavy (non-hydrogen) atoms. The Morgan fingerprint density at radius 2 is 1.11 bits per heavy atom. The molecule has 15 heteroatoms. The molecule has 0 amide bonds. The molecule has 280 valence electrons. The highest BCUT2D eigenvalue weighted by Crippen LogP contribution is 2.45. The zero-order valence-electron chi connectivity index (χ0n) is 29.5. The minimum atomic E-state index is -1.17. The Morgan fingerprint density at radius 1 is 0.618 bits per heavy atom. The molecule has 0 saturated heterocycles. The summed E-state index contributed by atoms with van der Waals surface area (Å²) in [5.74, 6) is -0.560. The molecule has 4 heterocycles. The van der Waals surface area contributed by atoms with Gasteiger partial charge in [-0.1, -0.05) is 46.9 Å². The molecule has 0 fully saturated rings. The third-order valence-corrected chi connectivity index (χ3v) is 10.2. The van der Waals surface area contributed by atoms with Crippen molar-refractivity contribution in [1.29, 1.82) is 0 Å². The molecule has 0 aliphatic carbocycles. The van der Waals surface area contributed by atoms with Crippen LogP contribution >= 0.6 is 34.8 Å². The summed E-state index contributed by atoms with van der Waals surface area (Å²) in [6, 6.07) is 22.0. The molecular formula is C40H33Cl3F2N8O2. The van der Waals surface area contributed by atoms with Crippen molar-refractivity contribution in [3.05, 3.63) is 129 Å². The summed E-state index contributed by atoms with van der Waals surface area (Å²) >= 11 is 19.8. The molecule has 0 bridgehead atoms. The number of rotatable bonds is 7. The van der Waals surface area contributed by atoms with E-state index < -0.39 is 22.7 Å². The van der Waals surface area contributed by atoms with Crippen molar-refractivity contribution >= 4 is 91.0 Å². The lowest BCUT2D eigenvalue weighted by molar-refractivity contribution is 0.104. The van der Waals surface area contributed by atoms with E-state index in [2.05, 4.69) is 9.98 Å². The van der Waals surface area contributed by atoms with Crippen molar-refractivity contribution in [3.8, 4) is 0 Å². The van der Waals surface area contributed by atoms with Crippen molar-refractivity contribution < 1.29 is 18.3 Å². The second-order valence-electron chi connectivity index (χ2n) is 13.8. The molecule has 10 nitrogen and oxygen atoms in total. The summed E-state index contributed by atoms with van der Waals surface area (Å²) in [7, 11) is 0. The number of benzene rings is 4. The quantitative estimate of drug-likeness (QED) is 0.153. The van der Waals surface area contributed by atoms with E-state index >= 15 is 8.78 Å². The number of anilines is 4. The van der Waals surface area contributed by atoms with Crippen LogP contribution in [-0.4, -0.2) is 48.1 Å². The molecule has 0 spiro atoms. The van der Waals surface area contributed by atoms with Crippen LogP contribution < -0.4 is 21.5 Å². The topological polar surface area (TPSA) is 127 Å². The monoisotopic (exact) mass is 800 g/mol. The second kappa shape index (κ2) is 14.2. The first-order valence-corrected chi connectivity index (χ1v) is 18.3. The van der Waals surface area contributed by atoms with Crippen LogP contribution in [0.5, 0.6) is 0 Å². The fourth-order valence-electron chi connectivity index (χ4n) is 7.21. The molecule has 2 aromatic heterocycles. The fraction of sp³-hybridized carbons (Fsp3) is 0.200. The Balaban J connectivity index is 1.48. The van der Waals surface area contributed by atoms with Crippen molar-refractivity contribution in [2.24, 2.45) is 21.5 Å². The number of hydrogen-bond acceptors (Lipinski definition) is 10. The van der Waals surface area contributed by atoms with E-state index in [-0.39, 0.29) is 49.2 Å². The summed E-state index contributed by atoms with van der Waals surface area (Å²) in [4.78, 5) is 18.8. The van der Waals surface area contributed by atoms with Crippen LogP contribution in [0.25, 0.3) is 21.8 Å². The second-order valence-corrected chi connectivity index (χ2v) is 15.2. The summed E-state index contributed by atoms with van der Waals surface area (Å²) in [5.41, 5.74) is 13.3. The minimum absolute atomic E-state index is 0.0809. The number of nitrogens with two attached hydrogens (primary N) is 2.